The molecule has 0 aliphatic carbocycles. The van der Waals surface area contributed by atoms with Gasteiger partial charge in [0.05, 0.1) is 6.42 Å². The maximum atomic E-state index is 12.3. The Labute approximate surface area is 119 Å². The standard InChI is InChI=1S/C15H21N3O2/c1-12(19)17-6-3-7-18(9-8-17)15(20)11-13-4-2-5-14(16)10-13/h2,4-5,10H,3,6-9,11,16H2,1H3. The van der Waals surface area contributed by atoms with Crippen molar-refractivity contribution in [3.63, 3.8) is 0 Å². The van der Waals surface area contributed by atoms with E-state index in [9.17, 15) is 9.59 Å². The minimum absolute atomic E-state index is 0.0788. The molecule has 0 atom stereocenters. The number of nitrogens with two attached hydrogens (primary N) is 1. The maximum absolute atomic E-state index is 12.3. The zero-order valence-electron chi connectivity index (χ0n) is 11.8. The Kier molecular flexibility index (Phi) is 4.61. The third-order valence-electron chi connectivity index (χ3n) is 3.60. The highest BCUT2D eigenvalue weighted by atomic mass is 16.2. The van der Waals surface area contributed by atoms with E-state index in [2.05, 4.69) is 0 Å². The zero-order chi connectivity index (χ0) is 14.5. The molecule has 1 aromatic carbocycles. The lowest BCUT2D eigenvalue weighted by atomic mass is 10.1. The monoisotopic (exact) mass is 275 g/mol. The third-order valence-corrected chi connectivity index (χ3v) is 3.60. The van der Waals surface area contributed by atoms with E-state index in [0.717, 1.165) is 18.5 Å². The summed E-state index contributed by atoms with van der Waals surface area (Å²) in [6.07, 6.45) is 1.20. The molecule has 2 amide bonds. The lowest BCUT2D eigenvalue weighted by molar-refractivity contribution is -0.132. The second-order valence-corrected chi connectivity index (χ2v) is 5.16. The predicted octanol–water partition coefficient (Wildman–Crippen LogP) is 0.892. The van der Waals surface area contributed by atoms with Crippen LogP contribution in [0.3, 0.4) is 0 Å². The van der Waals surface area contributed by atoms with Gasteiger partial charge in [-0.3, -0.25) is 9.59 Å². The molecule has 5 heteroatoms. The summed E-state index contributed by atoms with van der Waals surface area (Å²) in [5, 5.41) is 0. The van der Waals surface area contributed by atoms with Crippen molar-refractivity contribution in [2.45, 2.75) is 19.8 Å². The molecule has 1 heterocycles. The van der Waals surface area contributed by atoms with E-state index in [-0.39, 0.29) is 11.8 Å². The Hall–Kier alpha value is -2.04. The van der Waals surface area contributed by atoms with Crippen molar-refractivity contribution in [3.8, 4) is 0 Å². The van der Waals surface area contributed by atoms with Crippen molar-refractivity contribution in [3.05, 3.63) is 29.8 Å². The fourth-order valence-electron chi connectivity index (χ4n) is 2.47. The highest BCUT2D eigenvalue weighted by Crippen LogP contribution is 2.10. The average Bonchev–Trinajstić information content (AvgIpc) is 2.64. The number of benzene rings is 1. The van der Waals surface area contributed by atoms with Crippen LogP contribution in [0.1, 0.15) is 18.9 Å². The number of amides is 2. The molecule has 0 bridgehead atoms. The first kappa shape index (κ1) is 14.4. The van der Waals surface area contributed by atoms with E-state index >= 15 is 0 Å². The van der Waals surface area contributed by atoms with Crippen LogP contribution in [0.15, 0.2) is 24.3 Å². The maximum Gasteiger partial charge on any atom is 0.227 e. The fourth-order valence-corrected chi connectivity index (χ4v) is 2.47. The number of hydrogen-bond acceptors (Lipinski definition) is 3. The van der Waals surface area contributed by atoms with Crippen LogP contribution < -0.4 is 5.73 Å². The van der Waals surface area contributed by atoms with Crippen molar-refractivity contribution >= 4 is 17.5 Å². The topological polar surface area (TPSA) is 66.6 Å². The van der Waals surface area contributed by atoms with Gasteiger partial charge in [0.25, 0.3) is 0 Å². The molecule has 108 valence electrons. The van der Waals surface area contributed by atoms with Gasteiger partial charge in [-0.15, -0.1) is 0 Å². The number of nitrogens with zero attached hydrogens (tertiary/aromatic N) is 2. The molecule has 0 saturated carbocycles. The van der Waals surface area contributed by atoms with Gasteiger partial charge in [-0.1, -0.05) is 12.1 Å². The van der Waals surface area contributed by atoms with Gasteiger partial charge in [0.1, 0.15) is 0 Å². The van der Waals surface area contributed by atoms with Crippen molar-refractivity contribution in [1.29, 1.82) is 0 Å². The summed E-state index contributed by atoms with van der Waals surface area (Å²) in [5.41, 5.74) is 7.33. The SMILES string of the molecule is CC(=O)N1CCCN(C(=O)Cc2cccc(N)c2)CC1. The molecule has 1 aliphatic heterocycles. The molecule has 1 aromatic rings. The number of hydrogen-bond donors (Lipinski definition) is 1. The summed E-state index contributed by atoms with van der Waals surface area (Å²) in [6.45, 7) is 4.26. The highest BCUT2D eigenvalue weighted by Gasteiger charge is 2.20. The first-order valence-electron chi connectivity index (χ1n) is 6.94. The van der Waals surface area contributed by atoms with Gasteiger partial charge in [-0.25, -0.2) is 0 Å². The Bertz CT molecular complexity index is 502. The van der Waals surface area contributed by atoms with Crippen LogP contribution in [0.2, 0.25) is 0 Å². The van der Waals surface area contributed by atoms with Crippen molar-refractivity contribution in [1.82, 2.24) is 9.80 Å². The van der Waals surface area contributed by atoms with E-state index in [1.807, 2.05) is 29.2 Å². The third kappa shape index (κ3) is 3.73. The van der Waals surface area contributed by atoms with Gasteiger partial charge < -0.3 is 15.5 Å². The Balaban J connectivity index is 1.94. The molecule has 2 rings (SSSR count). The van der Waals surface area contributed by atoms with Gasteiger partial charge in [0, 0.05) is 38.8 Å². The van der Waals surface area contributed by atoms with Gasteiger partial charge in [-0.2, -0.15) is 0 Å². The summed E-state index contributed by atoms with van der Waals surface area (Å²) in [4.78, 5) is 27.3. The van der Waals surface area contributed by atoms with Gasteiger partial charge in [0.15, 0.2) is 0 Å². The van der Waals surface area contributed by atoms with E-state index in [1.165, 1.54) is 0 Å². The molecular weight excluding hydrogens is 254 g/mol. The Morgan fingerprint density at radius 2 is 1.85 bits per heavy atom. The van der Waals surface area contributed by atoms with Crippen LogP contribution in [0, 0.1) is 0 Å². The molecule has 1 aliphatic rings. The molecular formula is C15H21N3O2. The van der Waals surface area contributed by atoms with Crippen LogP contribution in [0.4, 0.5) is 5.69 Å². The zero-order valence-corrected chi connectivity index (χ0v) is 11.8. The largest absolute Gasteiger partial charge is 0.399 e. The highest BCUT2D eigenvalue weighted by molar-refractivity contribution is 5.79. The van der Waals surface area contributed by atoms with Gasteiger partial charge in [-0.05, 0) is 24.1 Å². The van der Waals surface area contributed by atoms with Crippen LogP contribution in [0.5, 0.6) is 0 Å². The van der Waals surface area contributed by atoms with Crippen molar-refractivity contribution in [2.75, 3.05) is 31.9 Å². The molecule has 0 unspecified atom stereocenters. The lowest BCUT2D eigenvalue weighted by Gasteiger charge is -2.21. The van der Waals surface area contributed by atoms with E-state index < -0.39 is 0 Å². The number of rotatable bonds is 2. The van der Waals surface area contributed by atoms with Crippen LogP contribution in [-0.4, -0.2) is 47.8 Å². The number of carbonyl (C=O) groups is 2. The predicted molar refractivity (Wildman–Crippen MR) is 78.0 cm³/mol. The second-order valence-electron chi connectivity index (χ2n) is 5.16. The Morgan fingerprint density at radius 1 is 1.15 bits per heavy atom. The van der Waals surface area contributed by atoms with E-state index in [1.54, 1.807) is 11.8 Å². The fraction of sp³-hybridized carbons (Fsp3) is 0.467. The van der Waals surface area contributed by atoms with Crippen LogP contribution >= 0.6 is 0 Å². The number of anilines is 1. The van der Waals surface area contributed by atoms with Gasteiger partial charge >= 0.3 is 0 Å². The quantitative estimate of drug-likeness (QED) is 0.815. The first-order valence-corrected chi connectivity index (χ1v) is 6.94. The molecule has 0 aromatic heterocycles. The lowest BCUT2D eigenvalue weighted by Crippen LogP contribution is -2.37. The van der Waals surface area contributed by atoms with Crippen molar-refractivity contribution in [2.24, 2.45) is 0 Å². The number of nitrogen functional groups attached to an aromatic ring is 1. The Morgan fingerprint density at radius 3 is 2.55 bits per heavy atom. The summed E-state index contributed by atoms with van der Waals surface area (Å²) in [7, 11) is 0. The first-order chi connectivity index (χ1) is 9.56. The molecule has 20 heavy (non-hydrogen) atoms. The molecule has 0 spiro atoms. The minimum atomic E-state index is 0.0788. The van der Waals surface area contributed by atoms with Crippen LogP contribution in [0.25, 0.3) is 0 Å². The minimum Gasteiger partial charge on any atom is -0.399 e. The normalized spacial score (nSPS) is 15.8. The smallest absolute Gasteiger partial charge is 0.227 e. The molecule has 2 N–H and O–H groups in total. The summed E-state index contributed by atoms with van der Waals surface area (Å²) < 4.78 is 0. The van der Waals surface area contributed by atoms with E-state index in [4.69, 9.17) is 5.73 Å². The van der Waals surface area contributed by atoms with Crippen molar-refractivity contribution < 1.29 is 9.59 Å². The summed E-state index contributed by atoms with van der Waals surface area (Å²) in [6, 6.07) is 7.41. The molecule has 1 fully saturated rings. The van der Waals surface area contributed by atoms with E-state index in [0.29, 0.717) is 31.7 Å². The van der Waals surface area contributed by atoms with Gasteiger partial charge in [0.2, 0.25) is 11.8 Å². The second kappa shape index (κ2) is 6.41. The summed E-state index contributed by atoms with van der Waals surface area (Å²) in [5.74, 6) is 0.177. The average molecular weight is 275 g/mol. The summed E-state index contributed by atoms with van der Waals surface area (Å²) >= 11 is 0. The van der Waals surface area contributed by atoms with Crippen LogP contribution in [-0.2, 0) is 16.0 Å². The molecule has 1 saturated heterocycles. The molecule has 0 radical (unpaired) electrons. The molecule has 5 nitrogen and oxygen atoms in total. The number of carbonyl (C=O) groups excluding carboxylic acids is 2.